The van der Waals surface area contributed by atoms with E-state index in [1.807, 2.05) is 12.1 Å². The number of H-pyrrole nitrogens is 1. The number of rotatable bonds is 5. The number of hydrogen-bond acceptors (Lipinski definition) is 6. The summed E-state index contributed by atoms with van der Waals surface area (Å²) >= 11 is 1.73. The highest BCUT2D eigenvalue weighted by molar-refractivity contribution is 7.99. The molecule has 0 fully saturated rings. The van der Waals surface area contributed by atoms with Crippen molar-refractivity contribution >= 4 is 39.6 Å². The van der Waals surface area contributed by atoms with Gasteiger partial charge in [-0.25, -0.2) is 19.3 Å². The molecule has 0 atom stereocenters. The Hall–Kier alpha value is -3.46. The Labute approximate surface area is 187 Å². The lowest BCUT2D eigenvalue weighted by Gasteiger charge is -2.13. The van der Waals surface area contributed by atoms with Crippen LogP contribution in [-0.2, 0) is 13.0 Å². The maximum atomic E-state index is 13.8. The normalized spacial score (nSPS) is 13.5. The molecule has 0 amide bonds. The second kappa shape index (κ2) is 7.90. The Morgan fingerprint density at radius 1 is 1.16 bits per heavy atom. The van der Waals surface area contributed by atoms with Gasteiger partial charge >= 0.3 is 0 Å². The largest absolute Gasteiger partial charge is 0.368 e. The van der Waals surface area contributed by atoms with Gasteiger partial charge in [0.2, 0.25) is 0 Å². The number of nitrogens with one attached hydrogen (secondary N) is 2. The Morgan fingerprint density at radius 3 is 3.03 bits per heavy atom. The molecule has 6 rings (SSSR count). The standard InChI is InChI=1S/C23H20FN7S/c24-16-10-15(11-25-13-16)20-29-21(19-22(30-20)31-8-3-9-32-23(31)28-19)26-7-6-14-12-27-18-5-2-1-4-17(14)18/h1-2,4-5,10-13,27H,3,6-9H2,(H,26,29,30). The fraction of sp³-hybridized carbons (Fsp3) is 0.217. The van der Waals surface area contributed by atoms with Crippen LogP contribution >= 0.6 is 11.8 Å². The predicted molar refractivity (Wildman–Crippen MR) is 124 cm³/mol. The fourth-order valence-corrected chi connectivity index (χ4v) is 5.06. The summed E-state index contributed by atoms with van der Waals surface area (Å²) in [6, 6.07) is 9.69. The van der Waals surface area contributed by atoms with E-state index >= 15 is 0 Å². The first-order chi connectivity index (χ1) is 15.8. The zero-order chi connectivity index (χ0) is 21.5. The van der Waals surface area contributed by atoms with Crippen LogP contribution in [0.1, 0.15) is 12.0 Å². The van der Waals surface area contributed by atoms with E-state index < -0.39 is 5.82 Å². The number of aromatic amines is 1. The summed E-state index contributed by atoms with van der Waals surface area (Å²) in [5.41, 5.74) is 4.45. The maximum absolute atomic E-state index is 13.8. The molecule has 1 aliphatic rings. The van der Waals surface area contributed by atoms with Crippen LogP contribution in [0.4, 0.5) is 10.2 Å². The van der Waals surface area contributed by atoms with Gasteiger partial charge in [0.25, 0.3) is 0 Å². The third-order valence-electron chi connectivity index (χ3n) is 5.64. The highest BCUT2D eigenvalue weighted by Crippen LogP contribution is 2.32. The SMILES string of the molecule is Fc1cncc(-c2nc(NCCc3c[nH]c4ccccc34)c3nc4n(c3n2)CCCS4)c1. The number of fused-ring (bicyclic) bond motifs is 4. The van der Waals surface area contributed by atoms with Crippen LogP contribution in [0.3, 0.4) is 0 Å². The predicted octanol–water partition coefficient (Wildman–Crippen LogP) is 4.66. The van der Waals surface area contributed by atoms with E-state index in [9.17, 15) is 4.39 Å². The molecule has 2 N–H and O–H groups in total. The number of anilines is 1. The van der Waals surface area contributed by atoms with E-state index in [0.717, 1.165) is 47.0 Å². The van der Waals surface area contributed by atoms with Crippen molar-refractivity contribution in [2.24, 2.45) is 0 Å². The van der Waals surface area contributed by atoms with Crippen molar-refractivity contribution in [3.63, 3.8) is 0 Å². The van der Waals surface area contributed by atoms with Crippen molar-refractivity contribution in [2.45, 2.75) is 24.5 Å². The van der Waals surface area contributed by atoms with Crippen LogP contribution in [-0.4, -0.2) is 41.8 Å². The van der Waals surface area contributed by atoms with E-state index in [4.69, 9.17) is 15.0 Å². The zero-order valence-electron chi connectivity index (χ0n) is 17.2. The Kier molecular flexibility index (Phi) is 4.75. The molecular formula is C23H20FN7S. The summed E-state index contributed by atoms with van der Waals surface area (Å²) < 4.78 is 15.9. The van der Waals surface area contributed by atoms with E-state index in [-0.39, 0.29) is 0 Å². The molecule has 0 saturated heterocycles. The lowest BCUT2D eigenvalue weighted by atomic mass is 10.1. The highest BCUT2D eigenvalue weighted by Gasteiger charge is 2.21. The number of hydrogen-bond donors (Lipinski definition) is 2. The molecule has 4 aromatic heterocycles. The molecule has 0 bridgehead atoms. The van der Waals surface area contributed by atoms with Crippen molar-refractivity contribution in [1.82, 2.24) is 29.5 Å². The van der Waals surface area contributed by atoms with Gasteiger partial charge in [0.15, 0.2) is 28.0 Å². The number of aryl methyl sites for hydroxylation is 1. The molecular weight excluding hydrogens is 425 g/mol. The van der Waals surface area contributed by atoms with Crippen LogP contribution in [0, 0.1) is 5.82 Å². The van der Waals surface area contributed by atoms with Crippen LogP contribution in [0.15, 0.2) is 54.1 Å². The minimum absolute atomic E-state index is 0.411. The second-order valence-electron chi connectivity index (χ2n) is 7.74. The molecule has 0 saturated carbocycles. The number of nitrogens with zero attached hydrogens (tertiary/aromatic N) is 5. The van der Waals surface area contributed by atoms with Crippen LogP contribution in [0.5, 0.6) is 0 Å². The van der Waals surface area contributed by atoms with Crippen LogP contribution < -0.4 is 5.32 Å². The molecule has 0 radical (unpaired) electrons. The van der Waals surface area contributed by atoms with Gasteiger partial charge in [-0.1, -0.05) is 30.0 Å². The molecule has 9 heteroatoms. The van der Waals surface area contributed by atoms with Gasteiger partial charge in [-0.15, -0.1) is 0 Å². The fourth-order valence-electron chi connectivity index (χ4n) is 4.12. The number of imidazole rings is 1. The van der Waals surface area contributed by atoms with Gasteiger partial charge < -0.3 is 14.9 Å². The van der Waals surface area contributed by atoms with Crippen molar-refractivity contribution in [3.05, 3.63) is 60.3 Å². The highest BCUT2D eigenvalue weighted by atomic mass is 32.2. The van der Waals surface area contributed by atoms with Gasteiger partial charge in [-0.05, 0) is 30.5 Å². The van der Waals surface area contributed by atoms with Gasteiger partial charge in [0.05, 0.1) is 6.20 Å². The summed E-state index contributed by atoms with van der Waals surface area (Å²) in [4.78, 5) is 21.6. The Morgan fingerprint density at radius 2 is 2.09 bits per heavy atom. The minimum Gasteiger partial charge on any atom is -0.368 e. The lowest BCUT2D eigenvalue weighted by Crippen LogP contribution is -2.10. The van der Waals surface area contributed by atoms with Crippen molar-refractivity contribution < 1.29 is 4.39 Å². The van der Waals surface area contributed by atoms with E-state index in [2.05, 4.69) is 38.2 Å². The van der Waals surface area contributed by atoms with Crippen LogP contribution in [0.25, 0.3) is 33.5 Å². The molecule has 32 heavy (non-hydrogen) atoms. The molecule has 1 aromatic carbocycles. The summed E-state index contributed by atoms with van der Waals surface area (Å²) in [6.45, 7) is 1.55. The van der Waals surface area contributed by atoms with Gasteiger partial charge in [-0.2, -0.15) is 0 Å². The first-order valence-electron chi connectivity index (χ1n) is 10.6. The van der Waals surface area contributed by atoms with E-state index in [0.29, 0.717) is 23.8 Å². The maximum Gasteiger partial charge on any atom is 0.170 e. The Balaban J connectivity index is 1.37. The molecule has 160 valence electrons. The van der Waals surface area contributed by atoms with Gasteiger partial charge in [-0.3, -0.25) is 4.98 Å². The van der Waals surface area contributed by atoms with Gasteiger partial charge in [0, 0.05) is 47.7 Å². The summed E-state index contributed by atoms with van der Waals surface area (Å²) in [5.74, 6) is 1.74. The van der Waals surface area contributed by atoms with E-state index in [1.54, 1.807) is 18.0 Å². The third-order valence-corrected chi connectivity index (χ3v) is 6.70. The van der Waals surface area contributed by atoms with Crippen molar-refractivity contribution in [2.75, 3.05) is 17.6 Å². The third kappa shape index (κ3) is 3.38. The Bertz CT molecular complexity index is 1440. The lowest BCUT2D eigenvalue weighted by molar-refractivity contribution is 0.619. The average molecular weight is 446 g/mol. The summed E-state index contributed by atoms with van der Waals surface area (Å²) in [5, 5.41) is 5.64. The van der Waals surface area contributed by atoms with Crippen molar-refractivity contribution in [1.29, 1.82) is 0 Å². The first kappa shape index (κ1) is 19.2. The molecule has 7 nitrogen and oxygen atoms in total. The zero-order valence-corrected chi connectivity index (χ0v) is 18.0. The second-order valence-corrected chi connectivity index (χ2v) is 8.81. The molecule has 1 aliphatic heterocycles. The number of aromatic nitrogens is 6. The van der Waals surface area contributed by atoms with E-state index in [1.165, 1.54) is 23.2 Å². The molecule has 0 spiro atoms. The van der Waals surface area contributed by atoms with Crippen LogP contribution in [0.2, 0.25) is 0 Å². The molecule has 5 heterocycles. The quantitative estimate of drug-likeness (QED) is 0.409. The number of para-hydroxylation sites is 1. The number of benzene rings is 1. The topological polar surface area (TPSA) is 84.3 Å². The molecule has 0 aliphatic carbocycles. The smallest absolute Gasteiger partial charge is 0.170 e. The monoisotopic (exact) mass is 445 g/mol. The number of thioether (sulfide) groups is 1. The molecule has 0 unspecified atom stereocenters. The molecule has 5 aromatic rings. The van der Waals surface area contributed by atoms with Gasteiger partial charge in [0.1, 0.15) is 5.82 Å². The average Bonchev–Trinajstić information content (AvgIpc) is 3.41. The minimum atomic E-state index is -0.411. The van der Waals surface area contributed by atoms with Crippen molar-refractivity contribution in [3.8, 4) is 11.4 Å². The number of halogens is 1. The summed E-state index contributed by atoms with van der Waals surface area (Å²) in [7, 11) is 0. The number of pyridine rings is 1. The summed E-state index contributed by atoms with van der Waals surface area (Å²) in [6.07, 6.45) is 6.71. The first-order valence-corrected chi connectivity index (χ1v) is 11.6.